The molecule has 0 atom stereocenters. The highest BCUT2D eigenvalue weighted by Gasteiger charge is 2.29. The number of pyridine rings is 1. The average Bonchev–Trinajstić information content (AvgIpc) is 3.64. The molecule has 9 heteroatoms. The van der Waals surface area contributed by atoms with Crippen LogP contribution in [0.25, 0.3) is 11.3 Å². The molecule has 33 heavy (non-hydrogen) atoms. The summed E-state index contributed by atoms with van der Waals surface area (Å²) in [6.45, 7) is 0. The average molecular weight is 446 g/mol. The van der Waals surface area contributed by atoms with E-state index in [1.54, 1.807) is 7.11 Å². The van der Waals surface area contributed by atoms with Gasteiger partial charge in [0.15, 0.2) is 11.5 Å². The van der Waals surface area contributed by atoms with Crippen LogP contribution in [0.1, 0.15) is 68.7 Å². The maximum absolute atomic E-state index is 8.89. The van der Waals surface area contributed by atoms with Crippen LogP contribution in [0.2, 0.25) is 0 Å². The van der Waals surface area contributed by atoms with Crippen LogP contribution >= 0.6 is 0 Å². The van der Waals surface area contributed by atoms with Gasteiger partial charge in [0.25, 0.3) is 0 Å². The van der Waals surface area contributed by atoms with Crippen molar-refractivity contribution in [2.75, 3.05) is 12.4 Å². The van der Waals surface area contributed by atoms with Gasteiger partial charge < -0.3 is 14.8 Å². The first kappa shape index (κ1) is 21.2. The Morgan fingerprint density at radius 1 is 1.03 bits per heavy atom. The van der Waals surface area contributed by atoms with E-state index in [2.05, 4.69) is 31.5 Å². The number of H-pyrrole nitrogens is 1. The fourth-order valence-corrected chi connectivity index (χ4v) is 4.23. The van der Waals surface area contributed by atoms with E-state index in [4.69, 9.17) is 19.7 Å². The van der Waals surface area contributed by atoms with Crippen molar-refractivity contribution in [2.24, 2.45) is 0 Å². The van der Waals surface area contributed by atoms with E-state index < -0.39 is 0 Å². The van der Waals surface area contributed by atoms with Crippen molar-refractivity contribution < 1.29 is 9.47 Å². The fourth-order valence-electron chi connectivity index (χ4n) is 4.23. The molecular weight excluding hydrogens is 418 g/mol. The third kappa shape index (κ3) is 4.90. The van der Waals surface area contributed by atoms with Gasteiger partial charge in [0.2, 0.25) is 5.88 Å². The second-order valence-corrected chi connectivity index (χ2v) is 8.63. The fraction of sp³-hybridized carbons (Fsp3) is 0.458. The predicted molar refractivity (Wildman–Crippen MR) is 122 cm³/mol. The molecule has 2 aliphatic rings. The highest BCUT2D eigenvalue weighted by molar-refractivity contribution is 5.75. The molecule has 3 aromatic rings. The smallest absolute Gasteiger partial charge is 0.226 e. The van der Waals surface area contributed by atoms with Crippen LogP contribution < -0.4 is 14.8 Å². The van der Waals surface area contributed by atoms with E-state index in [0.29, 0.717) is 23.4 Å². The Balaban J connectivity index is 1.46. The van der Waals surface area contributed by atoms with Crippen molar-refractivity contribution in [3.05, 3.63) is 35.9 Å². The molecule has 170 valence electrons. The number of aromatic nitrogens is 5. The monoisotopic (exact) mass is 445 g/mol. The summed E-state index contributed by atoms with van der Waals surface area (Å²) in [5.41, 5.74) is 2.81. The van der Waals surface area contributed by atoms with Crippen molar-refractivity contribution >= 4 is 11.6 Å². The molecule has 3 heterocycles. The Kier molecular flexibility index (Phi) is 6.07. The maximum Gasteiger partial charge on any atom is 0.226 e. The van der Waals surface area contributed by atoms with Crippen molar-refractivity contribution in [3.63, 3.8) is 0 Å². The van der Waals surface area contributed by atoms with Gasteiger partial charge in [-0.25, -0.2) is 15.0 Å². The third-order valence-corrected chi connectivity index (χ3v) is 6.12. The summed E-state index contributed by atoms with van der Waals surface area (Å²) < 4.78 is 12.3. The second-order valence-electron chi connectivity index (χ2n) is 8.63. The molecule has 2 fully saturated rings. The van der Waals surface area contributed by atoms with Gasteiger partial charge >= 0.3 is 0 Å². The van der Waals surface area contributed by atoms with E-state index in [1.807, 2.05) is 12.1 Å². The zero-order valence-corrected chi connectivity index (χ0v) is 18.7. The molecule has 0 amide bonds. The Morgan fingerprint density at radius 3 is 2.52 bits per heavy atom. The van der Waals surface area contributed by atoms with Crippen molar-refractivity contribution in [1.29, 1.82) is 5.26 Å². The Morgan fingerprint density at radius 2 is 1.85 bits per heavy atom. The van der Waals surface area contributed by atoms with Crippen LogP contribution in [-0.2, 0) is 0 Å². The first-order valence-corrected chi connectivity index (χ1v) is 11.5. The molecule has 0 spiro atoms. The Bertz CT molecular complexity index is 1140. The predicted octanol–water partition coefficient (Wildman–Crippen LogP) is 4.86. The van der Waals surface area contributed by atoms with Crippen LogP contribution in [0.5, 0.6) is 11.6 Å². The summed E-state index contributed by atoms with van der Waals surface area (Å²) in [6.07, 6.45) is 12.5. The quantitative estimate of drug-likeness (QED) is 0.494. The van der Waals surface area contributed by atoms with Crippen molar-refractivity contribution in [1.82, 2.24) is 25.1 Å². The Labute approximate surface area is 192 Å². The molecule has 0 unspecified atom stereocenters. The van der Waals surface area contributed by atoms with E-state index in [0.717, 1.165) is 48.4 Å². The number of hydrogen-bond donors (Lipinski definition) is 2. The molecule has 2 saturated carbocycles. The largest absolute Gasteiger partial charge is 0.489 e. The summed E-state index contributed by atoms with van der Waals surface area (Å²) in [5.74, 6) is 2.88. The molecule has 0 radical (unpaired) electrons. The second kappa shape index (κ2) is 9.45. The van der Waals surface area contributed by atoms with Crippen LogP contribution in [0.3, 0.4) is 0 Å². The number of rotatable bonds is 7. The van der Waals surface area contributed by atoms with Gasteiger partial charge in [-0.3, -0.25) is 5.10 Å². The first-order chi connectivity index (χ1) is 16.2. The minimum atomic E-state index is 0.194. The zero-order chi connectivity index (χ0) is 22.6. The lowest BCUT2D eigenvalue weighted by atomic mass is 10.1. The molecule has 0 bridgehead atoms. The number of aromatic amines is 1. The summed E-state index contributed by atoms with van der Waals surface area (Å²) in [7, 11) is 1.64. The van der Waals surface area contributed by atoms with Crippen molar-refractivity contribution in [3.8, 4) is 29.0 Å². The van der Waals surface area contributed by atoms with Crippen LogP contribution in [-0.4, -0.2) is 38.4 Å². The standard InChI is InChI=1S/C24H27N7O2/c1-32-24-23(19-11-21(31-30-19)29-22-14-26-16(12-25)13-27-22)20(10-18(28-24)15-8-9-15)33-17-6-4-2-3-5-7-17/h10-11,13-15,17H,2-9H2,1H3,(H2,27,29,30,31). The lowest BCUT2D eigenvalue weighted by Crippen LogP contribution is -2.16. The molecule has 2 aliphatic carbocycles. The van der Waals surface area contributed by atoms with Crippen LogP contribution in [0, 0.1) is 11.3 Å². The van der Waals surface area contributed by atoms with E-state index in [9.17, 15) is 0 Å². The van der Waals surface area contributed by atoms with Gasteiger partial charge in [-0.1, -0.05) is 12.8 Å². The number of anilines is 2. The number of nitrogens with one attached hydrogen (secondary N) is 2. The van der Waals surface area contributed by atoms with Gasteiger partial charge in [0.1, 0.15) is 23.2 Å². The molecule has 2 N–H and O–H groups in total. The normalized spacial score (nSPS) is 16.6. The zero-order valence-electron chi connectivity index (χ0n) is 18.7. The summed E-state index contributed by atoms with van der Waals surface area (Å²) in [5, 5.41) is 19.4. The van der Waals surface area contributed by atoms with Crippen LogP contribution in [0.15, 0.2) is 24.5 Å². The lowest BCUT2D eigenvalue weighted by Gasteiger charge is -2.21. The summed E-state index contributed by atoms with van der Waals surface area (Å²) in [6, 6.07) is 5.91. The minimum absolute atomic E-state index is 0.194. The molecule has 0 aromatic carbocycles. The SMILES string of the molecule is COc1nc(C2CC2)cc(OC2CCCCCC2)c1-c1cc(Nc2cnc(C#N)cn2)n[nH]1. The van der Waals surface area contributed by atoms with Gasteiger partial charge in [-0.05, 0) is 38.5 Å². The molecule has 5 rings (SSSR count). The van der Waals surface area contributed by atoms with E-state index in [-0.39, 0.29) is 11.8 Å². The van der Waals surface area contributed by atoms with Gasteiger partial charge in [0.05, 0.1) is 37.0 Å². The van der Waals surface area contributed by atoms with Gasteiger partial charge in [0, 0.05) is 18.1 Å². The van der Waals surface area contributed by atoms with E-state index in [1.165, 1.54) is 38.1 Å². The number of hydrogen-bond acceptors (Lipinski definition) is 8. The molecule has 9 nitrogen and oxygen atoms in total. The summed E-state index contributed by atoms with van der Waals surface area (Å²) in [4.78, 5) is 13.0. The molecular formula is C24H27N7O2. The maximum atomic E-state index is 8.89. The highest BCUT2D eigenvalue weighted by atomic mass is 16.5. The molecule has 3 aromatic heterocycles. The highest BCUT2D eigenvalue weighted by Crippen LogP contribution is 2.45. The number of nitriles is 1. The van der Waals surface area contributed by atoms with Gasteiger partial charge in [-0.15, -0.1) is 0 Å². The van der Waals surface area contributed by atoms with Crippen molar-refractivity contribution in [2.45, 2.75) is 63.4 Å². The van der Waals surface area contributed by atoms with Crippen LogP contribution in [0.4, 0.5) is 11.6 Å². The first-order valence-electron chi connectivity index (χ1n) is 11.5. The minimum Gasteiger partial charge on any atom is -0.489 e. The number of nitrogens with zero attached hydrogens (tertiary/aromatic N) is 5. The van der Waals surface area contributed by atoms with E-state index >= 15 is 0 Å². The number of methoxy groups -OCH3 is 1. The topological polar surface area (TPSA) is 122 Å². The third-order valence-electron chi connectivity index (χ3n) is 6.12. The Hall–Kier alpha value is -3.67. The lowest BCUT2D eigenvalue weighted by molar-refractivity contribution is 0.183. The van der Waals surface area contributed by atoms with Gasteiger partial charge in [-0.2, -0.15) is 10.4 Å². The number of ether oxygens (including phenoxy) is 2. The molecule has 0 aliphatic heterocycles. The molecule has 0 saturated heterocycles. The summed E-state index contributed by atoms with van der Waals surface area (Å²) >= 11 is 0.